The molecule has 0 spiro atoms. The Morgan fingerprint density at radius 1 is 1.23 bits per heavy atom. The Hall–Kier alpha value is -3.23. The summed E-state index contributed by atoms with van der Waals surface area (Å²) >= 11 is 0. The van der Waals surface area contributed by atoms with Gasteiger partial charge in [-0.05, 0) is 36.3 Å². The number of piperidine rings is 1. The second-order valence-corrected chi connectivity index (χ2v) is 8.98. The molecule has 9 heteroatoms. The van der Waals surface area contributed by atoms with Gasteiger partial charge in [-0.1, -0.05) is 27.7 Å². The van der Waals surface area contributed by atoms with E-state index in [9.17, 15) is 9.59 Å². The standard InChI is InChI=1S/C22H29N7O2/c1-14(2)22-18(27-9-15(3)7-16(4)10-27)8-21(31)29(26-22)12-20(30)24-17-5-6-19-25-23-13-28(19)11-17/h5-6,8,11,13-16H,7,9-10,12H2,1-4H3,(H,24,30). The maximum atomic E-state index is 12.8. The van der Waals surface area contributed by atoms with Gasteiger partial charge in [0, 0.05) is 25.4 Å². The van der Waals surface area contributed by atoms with E-state index in [4.69, 9.17) is 0 Å². The largest absolute Gasteiger partial charge is 0.369 e. The van der Waals surface area contributed by atoms with Gasteiger partial charge < -0.3 is 10.2 Å². The monoisotopic (exact) mass is 423 g/mol. The van der Waals surface area contributed by atoms with Crippen LogP contribution in [0.4, 0.5) is 11.4 Å². The highest BCUT2D eigenvalue weighted by molar-refractivity contribution is 5.90. The third kappa shape index (κ3) is 4.60. The van der Waals surface area contributed by atoms with Crippen molar-refractivity contribution in [1.82, 2.24) is 24.4 Å². The minimum absolute atomic E-state index is 0.133. The van der Waals surface area contributed by atoms with Gasteiger partial charge >= 0.3 is 0 Å². The molecule has 1 fully saturated rings. The molecule has 0 aromatic carbocycles. The summed E-state index contributed by atoms with van der Waals surface area (Å²) in [7, 11) is 0. The summed E-state index contributed by atoms with van der Waals surface area (Å²) in [6.07, 6.45) is 4.48. The van der Waals surface area contributed by atoms with Crippen molar-refractivity contribution in [3.63, 3.8) is 0 Å². The Morgan fingerprint density at radius 2 is 1.97 bits per heavy atom. The molecule has 4 heterocycles. The molecule has 1 aliphatic rings. The van der Waals surface area contributed by atoms with Gasteiger partial charge in [-0.3, -0.25) is 14.0 Å². The number of carbonyl (C=O) groups excluding carboxylic acids is 1. The third-order valence-electron chi connectivity index (χ3n) is 5.63. The van der Waals surface area contributed by atoms with Gasteiger partial charge in [0.2, 0.25) is 5.91 Å². The molecule has 164 valence electrons. The number of nitrogens with zero attached hydrogens (tertiary/aromatic N) is 6. The van der Waals surface area contributed by atoms with Gasteiger partial charge in [0.1, 0.15) is 12.9 Å². The van der Waals surface area contributed by atoms with Crippen LogP contribution < -0.4 is 15.8 Å². The van der Waals surface area contributed by atoms with E-state index in [1.54, 1.807) is 35.1 Å². The van der Waals surface area contributed by atoms with E-state index >= 15 is 0 Å². The fourth-order valence-electron chi connectivity index (χ4n) is 4.37. The van der Waals surface area contributed by atoms with Crippen LogP contribution in [0.25, 0.3) is 5.65 Å². The zero-order valence-corrected chi connectivity index (χ0v) is 18.4. The van der Waals surface area contributed by atoms with Crippen LogP contribution in [-0.2, 0) is 11.3 Å². The van der Waals surface area contributed by atoms with Crippen molar-refractivity contribution in [1.29, 1.82) is 0 Å². The summed E-state index contributed by atoms with van der Waals surface area (Å²) in [6, 6.07) is 5.16. The molecule has 1 N–H and O–H groups in total. The Bertz CT molecular complexity index is 1140. The number of pyridine rings is 1. The van der Waals surface area contributed by atoms with Crippen molar-refractivity contribution in [2.24, 2.45) is 11.8 Å². The van der Waals surface area contributed by atoms with E-state index in [0.29, 0.717) is 23.2 Å². The van der Waals surface area contributed by atoms with E-state index in [2.05, 4.69) is 53.2 Å². The molecule has 2 unspecified atom stereocenters. The van der Waals surface area contributed by atoms with Crippen molar-refractivity contribution >= 4 is 22.9 Å². The van der Waals surface area contributed by atoms with Crippen molar-refractivity contribution in [3.05, 3.63) is 46.8 Å². The van der Waals surface area contributed by atoms with Gasteiger partial charge in [0.15, 0.2) is 5.65 Å². The van der Waals surface area contributed by atoms with Crippen molar-refractivity contribution < 1.29 is 4.79 Å². The number of amides is 1. The molecule has 0 radical (unpaired) electrons. The lowest BCUT2D eigenvalue weighted by molar-refractivity contribution is -0.117. The van der Waals surface area contributed by atoms with Crippen LogP contribution in [-0.4, -0.2) is 43.4 Å². The van der Waals surface area contributed by atoms with Crippen LogP contribution in [0.15, 0.2) is 35.5 Å². The van der Waals surface area contributed by atoms with E-state index < -0.39 is 0 Å². The quantitative estimate of drug-likeness (QED) is 0.677. The number of carbonyl (C=O) groups is 1. The molecule has 0 aliphatic carbocycles. The summed E-state index contributed by atoms with van der Waals surface area (Å²) in [6.45, 7) is 10.3. The lowest BCUT2D eigenvalue weighted by atomic mass is 9.91. The number of aromatic nitrogens is 5. The smallest absolute Gasteiger partial charge is 0.269 e. The normalized spacial score (nSPS) is 19.2. The van der Waals surface area contributed by atoms with E-state index in [0.717, 1.165) is 24.5 Å². The zero-order chi connectivity index (χ0) is 22.1. The van der Waals surface area contributed by atoms with Crippen LogP contribution in [0.2, 0.25) is 0 Å². The van der Waals surface area contributed by atoms with Crippen molar-refractivity contribution in [3.8, 4) is 0 Å². The van der Waals surface area contributed by atoms with Crippen LogP contribution in [0, 0.1) is 11.8 Å². The second kappa shape index (κ2) is 8.49. The highest BCUT2D eigenvalue weighted by Gasteiger charge is 2.26. The van der Waals surface area contributed by atoms with Crippen LogP contribution >= 0.6 is 0 Å². The average molecular weight is 424 g/mol. The Balaban J connectivity index is 1.56. The molecule has 1 amide bonds. The lowest BCUT2D eigenvalue weighted by Gasteiger charge is -2.37. The Morgan fingerprint density at radius 3 is 2.68 bits per heavy atom. The average Bonchev–Trinajstić information content (AvgIpc) is 3.16. The predicted molar refractivity (Wildman–Crippen MR) is 119 cm³/mol. The number of anilines is 2. The first-order valence-corrected chi connectivity index (χ1v) is 10.8. The molecule has 4 rings (SSSR count). The van der Waals surface area contributed by atoms with Gasteiger partial charge in [-0.25, -0.2) is 4.68 Å². The van der Waals surface area contributed by atoms with Gasteiger partial charge in [-0.2, -0.15) is 5.10 Å². The first-order valence-electron chi connectivity index (χ1n) is 10.8. The number of fused-ring (bicyclic) bond motifs is 1. The lowest BCUT2D eigenvalue weighted by Crippen LogP contribution is -2.41. The maximum absolute atomic E-state index is 12.8. The predicted octanol–water partition coefficient (Wildman–Crippen LogP) is 2.53. The summed E-state index contributed by atoms with van der Waals surface area (Å²) in [5, 5.41) is 15.2. The summed E-state index contributed by atoms with van der Waals surface area (Å²) in [4.78, 5) is 27.7. The fraction of sp³-hybridized carbons (Fsp3) is 0.500. The van der Waals surface area contributed by atoms with Crippen LogP contribution in [0.1, 0.15) is 45.7 Å². The molecule has 3 aromatic heterocycles. The molecule has 3 aromatic rings. The van der Waals surface area contributed by atoms with Crippen LogP contribution in [0.5, 0.6) is 0 Å². The fourth-order valence-corrected chi connectivity index (χ4v) is 4.37. The first kappa shape index (κ1) is 21.0. The Labute approximate surface area is 181 Å². The molecule has 0 bridgehead atoms. The number of rotatable bonds is 5. The second-order valence-electron chi connectivity index (χ2n) is 8.98. The Kier molecular flexibility index (Phi) is 5.75. The SMILES string of the molecule is CC1CC(C)CN(c2cc(=O)n(CC(=O)Nc3ccc4nncn4c3)nc2C(C)C)C1. The molecule has 31 heavy (non-hydrogen) atoms. The topological polar surface area (TPSA) is 97.4 Å². The van der Waals surface area contributed by atoms with Gasteiger partial charge in [0.05, 0.1) is 17.1 Å². The highest BCUT2D eigenvalue weighted by Crippen LogP contribution is 2.30. The van der Waals surface area contributed by atoms with Gasteiger partial charge in [0.25, 0.3) is 5.56 Å². The van der Waals surface area contributed by atoms with Crippen LogP contribution in [0.3, 0.4) is 0 Å². The molecule has 1 aliphatic heterocycles. The molecule has 0 saturated carbocycles. The number of hydrogen-bond acceptors (Lipinski definition) is 6. The third-order valence-corrected chi connectivity index (χ3v) is 5.63. The maximum Gasteiger partial charge on any atom is 0.269 e. The van der Waals surface area contributed by atoms with Crippen molar-refractivity contribution in [2.45, 2.75) is 46.6 Å². The molecule has 1 saturated heterocycles. The van der Waals surface area contributed by atoms with E-state index in [1.807, 2.05) is 0 Å². The van der Waals surface area contributed by atoms with E-state index in [1.165, 1.54) is 11.1 Å². The molecular weight excluding hydrogens is 394 g/mol. The summed E-state index contributed by atoms with van der Waals surface area (Å²) < 4.78 is 2.97. The minimum atomic E-state index is -0.315. The minimum Gasteiger partial charge on any atom is -0.369 e. The molecule has 2 atom stereocenters. The zero-order valence-electron chi connectivity index (χ0n) is 18.4. The first-order chi connectivity index (χ1) is 14.8. The number of nitrogens with one attached hydrogen (secondary N) is 1. The summed E-state index contributed by atoms with van der Waals surface area (Å²) in [5.74, 6) is 0.957. The summed E-state index contributed by atoms with van der Waals surface area (Å²) in [5.41, 5.74) is 2.76. The van der Waals surface area contributed by atoms with Gasteiger partial charge in [-0.15, -0.1) is 10.2 Å². The molecular formula is C22H29N7O2. The van der Waals surface area contributed by atoms with Crippen molar-refractivity contribution in [2.75, 3.05) is 23.3 Å². The van der Waals surface area contributed by atoms with E-state index in [-0.39, 0.29) is 23.9 Å². The number of hydrogen-bond donors (Lipinski definition) is 1. The highest BCUT2D eigenvalue weighted by atomic mass is 16.2. The molecule has 9 nitrogen and oxygen atoms in total.